The van der Waals surface area contributed by atoms with E-state index in [1.165, 1.54) is 12.1 Å². The average molecular weight is 380 g/mol. The minimum absolute atomic E-state index is 0.0509. The normalized spacial score (nSPS) is 15.1. The molecule has 1 fully saturated rings. The van der Waals surface area contributed by atoms with Gasteiger partial charge < -0.3 is 4.90 Å². The topological polar surface area (TPSA) is 73.4 Å². The number of benzene rings is 2. The van der Waals surface area contributed by atoms with Gasteiger partial charge in [-0.05, 0) is 61.4 Å². The highest BCUT2D eigenvalue weighted by Gasteiger charge is 2.14. The second-order valence-corrected chi connectivity index (χ2v) is 6.73. The van der Waals surface area contributed by atoms with Crippen LogP contribution in [0.25, 0.3) is 11.1 Å². The number of nitriles is 1. The highest BCUT2D eigenvalue weighted by atomic mass is 16.6. The van der Waals surface area contributed by atoms with Crippen LogP contribution in [0.1, 0.15) is 31.4 Å². The fourth-order valence-electron chi connectivity index (χ4n) is 3.31. The van der Waals surface area contributed by atoms with Crippen LogP contribution in [0.3, 0.4) is 0 Å². The Morgan fingerprint density at radius 3 is 2.43 bits per heavy atom. The van der Waals surface area contributed by atoms with E-state index in [0.717, 1.165) is 55.8 Å². The van der Waals surface area contributed by atoms with Gasteiger partial charge in [0.1, 0.15) is 0 Å². The molecule has 2 aromatic rings. The second kappa shape index (κ2) is 10.5. The Kier molecular flexibility index (Phi) is 8.12. The molecule has 0 radical (unpaired) electrons. The Bertz CT molecular complexity index is 827. The summed E-state index contributed by atoms with van der Waals surface area (Å²) in [6.45, 7) is 9.12. The molecule has 0 aliphatic carbocycles. The quantitative estimate of drug-likeness (QED) is 0.584. The zero-order chi connectivity index (χ0) is 20.5. The summed E-state index contributed by atoms with van der Waals surface area (Å²) in [6.07, 6.45) is 1.16. The van der Waals surface area contributed by atoms with Crippen molar-refractivity contribution in [3.05, 3.63) is 63.7 Å². The number of nitrogens with zero attached hydrogens (tertiary/aromatic N) is 4. The van der Waals surface area contributed by atoms with Gasteiger partial charge in [0.25, 0.3) is 5.69 Å². The van der Waals surface area contributed by atoms with Crippen LogP contribution in [0.4, 0.5) is 5.69 Å². The molecule has 0 amide bonds. The fraction of sp³-hybridized carbons (Fsp3) is 0.409. The molecule has 1 aliphatic rings. The van der Waals surface area contributed by atoms with Gasteiger partial charge in [-0.1, -0.05) is 26.0 Å². The number of likely N-dealkylation sites (N-methyl/N-ethyl adjacent to an activating group) is 1. The SMILES string of the molecule is CC.CN1CCCN(Cc2ccc(-c3ccc([N+](=O)[O-])cc3)c(C#N)c2)CC1. The molecule has 28 heavy (non-hydrogen) atoms. The Balaban J connectivity index is 0.00000136. The maximum absolute atomic E-state index is 10.8. The van der Waals surface area contributed by atoms with Crippen LogP contribution in [0.5, 0.6) is 0 Å². The molecule has 0 aromatic heterocycles. The molecule has 0 bridgehead atoms. The molecule has 6 heteroatoms. The smallest absolute Gasteiger partial charge is 0.269 e. The Morgan fingerprint density at radius 1 is 1.07 bits per heavy atom. The summed E-state index contributed by atoms with van der Waals surface area (Å²) in [5, 5.41) is 20.4. The lowest BCUT2D eigenvalue weighted by Gasteiger charge is -2.20. The van der Waals surface area contributed by atoms with Crippen molar-refractivity contribution in [1.29, 1.82) is 5.26 Å². The molecule has 3 rings (SSSR count). The van der Waals surface area contributed by atoms with Gasteiger partial charge in [-0.15, -0.1) is 0 Å². The summed E-state index contributed by atoms with van der Waals surface area (Å²) >= 11 is 0. The maximum atomic E-state index is 10.8. The van der Waals surface area contributed by atoms with E-state index in [-0.39, 0.29) is 5.69 Å². The van der Waals surface area contributed by atoms with Crippen LogP contribution in [-0.4, -0.2) is 47.9 Å². The lowest BCUT2D eigenvalue weighted by molar-refractivity contribution is -0.384. The predicted octanol–water partition coefficient (Wildman–Crippen LogP) is 4.30. The van der Waals surface area contributed by atoms with Gasteiger partial charge >= 0.3 is 0 Å². The van der Waals surface area contributed by atoms with Crippen LogP contribution in [0.15, 0.2) is 42.5 Å². The monoisotopic (exact) mass is 380 g/mol. The third kappa shape index (κ3) is 5.62. The Hall–Kier alpha value is -2.75. The summed E-state index contributed by atoms with van der Waals surface area (Å²) in [5.74, 6) is 0. The predicted molar refractivity (Wildman–Crippen MR) is 112 cm³/mol. The van der Waals surface area contributed by atoms with E-state index in [2.05, 4.69) is 22.9 Å². The van der Waals surface area contributed by atoms with Gasteiger partial charge in [0.05, 0.1) is 16.6 Å². The molecule has 0 saturated carbocycles. The van der Waals surface area contributed by atoms with Crippen molar-refractivity contribution >= 4 is 5.69 Å². The number of nitro groups is 1. The van der Waals surface area contributed by atoms with Crippen molar-refractivity contribution in [2.75, 3.05) is 33.2 Å². The minimum atomic E-state index is -0.420. The van der Waals surface area contributed by atoms with Crippen LogP contribution >= 0.6 is 0 Å². The van der Waals surface area contributed by atoms with Crippen molar-refractivity contribution in [3.63, 3.8) is 0 Å². The van der Waals surface area contributed by atoms with Crippen LogP contribution in [0.2, 0.25) is 0 Å². The average Bonchev–Trinajstić information content (AvgIpc) is 2.93. The highest BCUT2D eigenvalue weighted by molar-refractivity contribution is 5.71. The summed E-state index contributed by atoms with van der Waals surface area (Å²) in [4.78, 5) is 15.1. The fourth-order valence-corrected chi connectivity index (χ4v) is 3.31. The first kappa shape index (κ1) is 21.5. The van der Waals surface area contributed by atoms with Gasteiger partial charge in [0.2, 0.25) is 0 Å². The van der Waals surface area contributed by atoms with E-state index < -0.39 is 4.92 Å². The standard InChI is InChI=1S/C20H22N4O2.C2H6/c1-22-9-2-10-23(12-11-22)15-16-3-8-20(18(13-16)14-21)17-4-6-19(7-5-17)24(25)26;1-2/h3-8,13H,2,9-12,15H2,1H3;1-2H3. The van der Waals surface area contributed by atoms with E-state index in [9.17, 15) is 15.4 Å². The first-order chi connectivity index (χ1) is 13.6. The third-order valence-electron chi connectivity index (χ3n) is 4.81. The summed E-state index contributed by atoms with van der Waals surface area (Å²) in [5.41, 5.74) is 3.40. The number of nitro benzene ring substituents is 1. The number of hydrogen-bond donors (Lipinski definition) is 0. The van der Waals surface area contributed by atoms with E-state index in [4.69, 9.17) is 0 Å². The van der Waals surface area contributed by atoms with E-state index in [0.29, 0.717) is 5.56 Å². The summed E-state index contributed by atoms with van der Waals surface area (Å²) < 4.78 is 0. The summed E-state index contributed by atoms with van der Waals surface area (Å²) in [7, 11) is 2.15. The third-order valence-corrected chi connectivity index (χ3v) is 4.81. The largest absolute Gasteiger partial charge is 0.305 e. The van der Waals surface area contributed by atoms with Crippen LogP contribution in [-0.2, 0) is 6.54 Å². The molecular weight excluding hydrogens is 352 g/mol. The van der Waals surface area contributed by atoms with Crippen molar-refractivity contribution in [3.8, 4) is 17.2 Å². The lowest BCUT2D eigenvalue weighted by atomic mass is 9.98. The minimum Gasteiger partial charge on any atom is -0.305 e. The maximum Gasteiger partial charge on any atom is 0.269 e. The Labute approximate surface area is 167 Å². The molecule has 0 N–H and O–H groups in total. The Morgan fingerprint density at radius 2 is 1.79 bits per heavy atom. The van der Waals surface area contributed by atoms with Crippen molar-refractivity contribution in [2.45, 2.75) is 26.8 Å². The number of non-ortho nitro benzene ring substituents is 1. The van der Waals surface area contributed by atoms with E-state index in [1.807, 2.05) is 32.0 Å². The molecule has 0 atom stereocenters. The molecule has 0 spiro atoms. The van der Waals surface area contributed by atoms with Gasteiger partial charge in [-0.25, -0.2) is 0 Å². The molecule has 148 valence electrons. The first-order valence-corrected chi connectivity index (χ1v) is 9.75. The highest BCUT2D eigenvalue weighted by Crippen LogP contribution is 2.27. The molecule has 1 aliphatic heterocycles. The number of hydrogen-bond acceptors (Lipinski definition) is 5. The van der Waals surface area contributed by atoms with Crippen LogP contribution < -0.4 is 0 Å². The lowest BCUT2D eigenvalue weighted by Crippen LogP contribution is -2.28. The van der Waals surface area contributed by atoms with Gasteiger partial charge in [0, 0.05) is 31.8 Å². The molecule has 1 saturated heterocycles. The van der Waals surface area contributed by atoms with Gasteiger partial charge in [-0.3, -0.25) is 15.0 Å². The van der Waals surface area contributed by atoms with Crippen molar-refractivity contribution in [1.82, 2.24) is 9.80 Å². The van der Waals surface area contributed by atoms with Gasteiger partial charge in [0.15, 0.2) is 0 Å². The summed E-state index contributed by atoms with van der Waals surface area (Å²) in [6, 6.07) is 14.5. The van der Waals surface area contributed by atoms with Gasteiger partial charge in [-0.2, -0.15) is 5.26 Å². The zero-order valence-electron chi connectivity index (χ0n) is 16.9. The van der Waals surface area contributed by atoms with Crippen LogP contribution in [0, 0.1) is 21.4 Å². The molecule has 2 aromatic carbocycles. The first-order valence-electron chi connectivity index (χ1n) is 9.75. The zero-order valence-corrected chi connectivity index (χ0v) is 16.9. The second-order valence-electron chi connectivity index (χ2n) is 6.73. The molecule has 6 nitrogen and oxygen atoms in total. The van der Waals surface area contributed by atoms with E-state index in [1.54, 1.807) is 12.1 Å². The molecule has 1 heterocycles. The number of rotatable bonds is 4. The molecular formula is C22H28N4O2. The molecule has 0 unspecified atom stereocenters. The van der Waals surface area contributed by atoms with Crippen molar-refractivity contribution < 1.29 is 4.92 Å². The van der Waals surface area contributed by atoms with Crippen molar-refractivity contribution in [2.24, 2.45) is 0 Å². The van der Waals surface area contributed by atoms with E-state index >= 15 is 0 Å².